The molecule has 0 aliphatic carbocycles. The van der Waals surface area contributed by atoms with E-state index >= 15 is 0 Å². The molecule has 7 heteroatoms. The van der Waals surface area contributed by atoms with Gasteiger partial charge in [0.05, 0.1) is 56.1 Å². The molecule has 1 aliphatic rings. The number of methoxy groups -OCH3 is 1. The third-order valence-corrected chi connectivity index (χ3v) is 4.92. The summed E-state index contributed by atoms with van der Waals surface area (Å²) < 4.78 is 12.2. The number of hydrogen-bond acceptors (Lipinski definition) is 5. The van der Waals surface area contributed by atoms with E-state index < -0.39 is 0 Å². The Labute approximate surface area is 169 Å². The van der Waals surface area contributed by atoms with Crippen molar-refractivity contribution in [2.24, 2.45) is 5.10 Å². The van der Waals surface area contributed by atoms with Crippen molar-refractivity contribution in [1.82, 2.24) is 14.8 Å². The summed E-state index contributed by atoms with van der Waals surface area (Å²) in [4.78, 5) is 13.4. The number of hydrogen-bond donors (Lipinski definition) is 1. The molecule has 2 aromatic carbocycles. The van der Waals surface area contributed by atoms with Gasteiger partial charge in [-0.15, -0.1) is 0 Å². The van der Waals surface area contributed by atoms with Crippen LogP contribution in [0.3, 0.4) is 0 Å². The number of H-pyrrole nitrogens is 1. The summed E-state index contributed by atoms with van der Waals surface area (Å²) in [5.41, 5.74) is 3.53. The van der Waals surface area contributed by atoms with Gasteiger partial charge >= 0.3 is 0 Å². The minimum atomic E-state index is -0.136. The van der Waals surface area contributed by atoms with Crippen LogP contribution >= 0.6 is 0 Å². The molecule has 0 unspecified atom stereocenters. The molecule has 150 valence electrons. The van der Waals surface area contributed by atoms with E-state index in [1.165, 1.54) is 0 Å². The lowest BCUT2D eigenvalue weighted by molar-refractivity contribution is 0.0393. The van der Waals surface area contributed by atoms with E-state index in [0.29, 0.717) is 24.5 Å². The van der Waals surface area contributed by atoms with Crippen LogP contribution in [0, 0.1) is 0 Å². The van der Waals surface area contributed by atoms with Gasteiger partial charge in [-0.25, -0.2) is 4.68 Å². The van der Waals surface area contributed by atoms with Crippen molar-refractivity contribution in [1.29, 1.82) is 0 Å². The molecule has 1 aromatic heterocycles. The fourth-order valence-electron chi connectivity index (χ4n) is 3.42. The molecule has 3 aromatic rings. The number of nitrogens with one attached hydrogen (secondary N) is 1. The maximum absolute atomic E-state index is 13.4. The third-order valence-electron chi connectivity index (χ3n) is 4.92. The van der Waals surface area contributed by atoms with Crippen molar-refractivity contribution < 1.29 is 9.47 Å². The zero-order valence-corrected chi connectivity index (χ0v) is 16.6. The molecule has 1 saturated heterocycles. The lowest BCUT2D eigenvalue weighted by Gasteiger charge is -2.24. The van der Waals surface area contributed by atoms with E-state index in [4.69, 9.17) is 14.6 Å². The van der Waals surface area contributed by atoms with Gasteiger partial charge in [-0.2, -0.15) is 5.10 Å². The Morgan fingerprint density at radius 2 is 1.76 bits per heavy atom. The highest BCUT2D eigenvalue weighted by Gasteiger charge is 2.20. The van der Waals surface area contributed by atoms with Gasteiger partial charge in [-0.05, 0) is 31.2 Å². The van der Waals surface area contributed by atoms with Crippen molar-refractivity contribution in [3.05, 3.63) is 70.5 Å². The summed E-state index contributed by atoms with van der Waals surface area (Å²) in [6.45, 7) is 4.60. The summed E-state index contributed by atoms with van der Waals surface area (Å²) in [5.74, 6) is 0.738. The molecule has 0 radical (unpaired) electrons. The number of morpholine rings is 1. The highest BCUT2D eigenvalue weighted by molar-refractivity contribution is 6.03. The molecule has 0 amide bonds. The zero-order chi connectivity index (χ0) is 20.2. The first-order chi connectivity index (χ1) is 14.2. The smallest absolute Gasteiger partial charge is 0.281 e. The fraction of sp³-hybridized carbons (Fsp3) is 0.273. The van der Waals surface area contributed by atoms with Gasteiger partial charge in [0.15, 0.2) is 0 Å². The molecule has 1 fully saturated rings. The van der Waals surface area contributed by atoms with Gasteiger partial charge in [0.1, 0.15) is 5.75 Å². The van der Waals surface area contributed by atoms with E-state index in [9.17, 15) is 4.79 Å². The molecular formula is C22H24N4O3. The second kappa shape index (κ2) is 8.36. The van der Waals surface area contributed by atoms with Crippen molar-refractivity contribution in [2.45, 2.75) is 6.92 Å². The predicted molar refractivity (Wildman–Crippen MR) is 113 cm³/mol. The Kier molecular flexibility index (Phi) is 5.48. The minimum Gasteiger partial charge on any atom is -0.497 e. The van der Waals surface area contributed by atoms with Gasteiger partial charge in [0.2, 0.25) is 0 Å². The molecule has 2 heterocycles. The van der Waals surface area contributed by atoms with Crippen LogP contribution in [-0.4, -0.2) is 53.9 Å². The Balaban J connectivity index is 1.82. The highest BCUT2D eigenvalue weighted by Crippen LogP contribution is 2.22. The first-order valence-electron chi connectivity index (χ1n) is 9.60. The monoisotopic (exact) mass is 392 g/mol. The van der Waals surface area contributed by atoms with Crippen LogP contribution in [0.15, 0.2) is 64.5 Å². The SMILES string of the molecule is COc1ccc(-n2[nH]c(-c3ccccc3)c(C(C)=NN3CCOCC3)c2=O)cc1. The normalized spacial score (nSPS) is 14.8. The summed E-state index contributed by atoms with van der Waals surface area (Å²) in [6.07, 6.45) is 0. The van der Waals surface area contributed by atoms with Crippen LogP contribution in [0.2, 0.25) is 0 Å². The first kappa shape index (κ1) is 19.0. The van der Waals surface area contributed by atoms with Crippen molar-refractivity contribution in [3.63, 3.8) is 0 Å². The van der Waals surface area contributed by atoms with E-state index in [-0.39, 0.29) is 5.56 Å². The van der Waals surface area contributed by atoms with Crippen molar-refractivity contribution in [3.8, 4) is 22.7 Å². The average Bonchev–Trinajstić information content (AvgIpc) is 3.12. The van der Waals surface area contributed by atoms with Gasteiger partial charge in [-0.3, -0.25) is 14.9 Å². The molecule has 0 saturated carbocycles. The lowest BCUT2D eigenvalue weighted by Crippen LogP contribution is -2.33. The second-order valence-electron chi connectivity index (χ2n) is 6.82. The van der Waals surface area contributed by atoms with Crippen molar-refractivity contribution >= 4 is 5.71 Å². The zero-order valence-electron chi connectivity index (χ0n) is 16.6. The fourth-order valence-corrected chi connectivity index (χ4v) is 3.42. The topological polar surface area (TPSA) is 71.8 Å². The van der Waals surface area contributed by atoms with Crippen LogP contribution in [0.1, 0.15) is 12.5 Å². The summed E-state index contributed by atoms with van der Waals surface area (Å²) in [7, 11) is 1.62. The van der Waals surface area contributed by atoms with Gasteiger partial charge < -0.3 is 9.47 Å². The van der Waals surface area contributed by atoms with Crippen LogP contribution in [0.5, 0.6) is 5.75 Å². The molecule has 4 rings (SSSR count). The van der Waals surface area contributed by atoms with Gasteiger partial charge in [0, 0.05) is 5.56 Å². The second-order valence-corrected chi connectivity index (χ2v) is 6.82. The quantitative estimate of drug-likeness (QED) is 0.678. The first-order valence-corrected chi connectivity index (χ1v) is 9.60. The van der Waals surface area contributed by atoms with Crippen LogP contribution < -0.4 is 10.3 Å². The number of benzene rings is 2. The predicted octanol–water partition coefficient (Wildman–Crippen LogP) is 2.90. The highest BCUT2D eigenvalue weighted by atomic mass is 16.5. The minimum absolute atomic E-state index is 0.136. The molecule has 0 atom stereocenters. The van der Waals surface area contributed by atoms with Crippen LogP contribution in [-0.2, 0) is 4.74 Å². The maximum Gasteiger partial charge on any atom is 0.281 e. The van der Waals surface area contributed by atoms with Gasteiger partial charge in [0.25, 0.3) is 5.56 Å². The molecular weight excluding hydrogens is 368 g/mol. The number of aromatic nitrogens is 2. The largest absolute Gasteiger partial charge is 0.497 e. The number of hydrazone groups is 1. The molecule has 0 spiro atoms. The molecule has 1 aliphatic heterocycles. The molecule has 29 heavy (non-hydrogen) atoms. The standard InChI is InChI=1S/C22H24N4O3/c1-16(23-25-12-14-29-15-13-25)20-21(17-6-4-3-5-7-17)24-26(22(20)27)18-8-10-19(28-2)11-9-18/h3-11,24H,12-15H2,1-2H3. The van der Waals surface area contributed by atoms with Crippen LogP contribution in [0.25, 0.3) is 16.9 Å². The number of aromatic amines is 1. The van der Waals surface area contributed by atoms with Crippen LogP contribution in [0.4, 0.5) is 0 Å². The molecule has 0 bridgehead atoms. The Morgan fingerprint density at radius 1 is 1.07 bits per heavy atom. The number of ether oxygens (including phenoxy) is 2. The van der Waals surface area contributed by atoms with E-state index in [0.717, 1.165) is 35.8 Å². The third kappa shape index (κ3) is 3.95. The van der Waals surface area contributed by atoms with E-state index in [1.54, 1.807) is 11.8 Å². The number of nitrogens with zero attached hydrogens (tertiary/aromatic N) is 3. The van der Waals surface area contributed by atoms with Gasteiger partial charge in [-0.1, -0.05) is 30.3 Å². The summed E-state index contributed by atoms with van der Waals surface area (Å²) in [5, 5.41) is 9.94. The van der Waals surface area contributed by atoms with Crippen molar-refractivity contribution in [2.75, 3.05) is 33.4 Å². The van der Waals surface area contributed by atoms with E-state index in [2.05, 4.69) is 5.10 Å². The maximum atomic E-state index is 13.4. The number of rotatable bonds is 5. The Bertz CT molecular complexity index is 1050. The summed E-state index contributed by atoms with van der Waals surface area (Å²) >= 11 is 0. The molecule has 1 N–H and O–H groups in total. The lowest BCUT2D eigenvalue weighted by atomic mass is 10.1. The molecule has 7 nitrogen and oxygen atoms in total. The Hall–Kier alpha value is -3.32. The summed E-state index contributed by atoms with van der Waals surface area (Å²) in [6, 6.07) is 17.2. The van der Waals surface area contributed by atoms with E-state index in [1.807, 2.05) is 66.5 Å². The Morgan fingerprint density at radius 3 is 2.41 bits per heavy atom. The average molecular weight is 392 g/mol.